The van der Waals surface area contributed by atoms with Gasteiger partial charge in [0.25, 0.3) is 0 Å². The summed E-state index contributed by atoms with van der Waals surface area (Å²) in [5.74, 6) is -0.357. The molecule has 2 heterocycles. The predicted octanol–water partition coefficient (Wildman–Crippen LogP) is 3.68. The minimum absolute atomic E-state index is 0.293. The summed E-state index contributed by atoms with van der Waals surface area (Å²) >= 11 is 0. The summed E-state index contributed by atoms with van der Waals surface area (Å²) in [7, 11) is 0. The number of hydrogen-bond donors (Lipinski definition) is 1. The highest BCUT2D eigenvalue weighted by molar-refractivity contribution is 5.99. The van der Waals surface area contributed by atoms with E-state index in [1.165, 1.54) is 17.1 Å². The van der Waals surface area contributed by atoms with E-state index in [-0.39, 0.29) is 5.91 Å². The second kappa shape index (κ2) is 8.10. The van der Waals surface area contributed by atoms with Gasteiger partial charge in [0.1, 0.15) is 6.33 Å². The number of nitrogens with zero attached hydrogens (tertiary/aromatic N) is 4. The number of nitrogens with one attached hydrogen (secondary N) is 1. The molecule has 1 fully saturated rings. The van der Waals surface area contributed by atoms with Crippen LogP contribution < -0.4 is 5.32 Å². The van der Waals surface area contributed by atoms with Crippen LogP contribution in [0.5, 0.6) is 0 Å². The molecule has 0 saturated carbocycles. The van der Waals surface area contributed by atoms with E-state index in [4.69, 9.17) is 4.74 Å². The summed E-state index contributed by atoms with van der Waals surface area (Å²) in [5.41, 5.74) is 0.571. The number of tetrazole rings is 1. The smallest absolute Gasteiger partial charge is 0.381 e. The van der Waals surface area contributed by atoms with Crippen LogP contribution in [0, 0.1) is 6.92 Å². The molecule has 0 spiro atoms. The van der Waals surface area contributed by atoms with Crippen molar-refractivity contribution >= 4 is 11.6 Å². The van der Waals surface area contributed by atoms with Crippen LogP contribution in [0.25, 0.3) is 5.69 Å². The van der Waals surface area contributed by atoms with E-state index in [1.54, 1.807) is 24.3 Å². The highest BCUT2D eigenvalue weighted by atomic mass is 19.4. The molecule has 2 aromatic carbocycles. The molecule has 0 unspecified atom stereocenters. The van der Waals surface area contributed by atoms with E-state index in [1.807, 2.05) is 6.92 Å². The Labute approximate surface area is 176 Å². The Balaban J connectivity index is 1.65. The van der Waals surface area contributed by atoms with E-state index in [9.17, 15) is 18.0 Å². The molecule has 0 bridgehead atoms. The number of anilines is 1. The van der Waals surface area contributed by atoms with Crippen LogP contribution in [0.15, 0.2) is 48.8 Å². The SMILES string of the molecule is Cc1cc(NC(=O)C2(c3cccc(C(F)(F)F)c3)CCOCC2)ccc1-n1cnnn1. The summed E-state index contributed by atoms with van der Waals surface area (Å²) in [6, 6.07) is 10.2. The number of amides is 1. The number of benzene rings is 2. The van der Waals surface area contributed by atoms with Crippen LogP contribution >= 0.6 is 0 Å². The number of aromatic nitrogens is 4. The summed E-state index contributed by atoms with van der Waals surface area (Å²) in [6.07, 6.45) is -2.43. The normalized spacial score (nSPS) is 16.1. The number of aryl methyl sites for hydroxylation is 1. The van der Waals surface area contributed by atoms with Crippen molar-refractivity contribution in [2.45, 2.75) is 31.4 Å². The number of rotatable bonds is 4. The van der Waals surface area contributed by atoms with Gasteiger partial charge in [-0.05, 0) is 65.6 Å². The quantitative estimate of drug-likeness (QED) is 0.682. The van der Waals surface area contributed by atoms with Crippen LogP contribution in [0.4, 0.5) is 18.9 Å². The molecular formula is C21H20F3N5O2. The molecule has 7 nitrogen and oxygen atoms in total. The lowest BCUT2D eigenvalue weighted by Crippen LogP contribution is -2.45. The third kappa shape index (κ3) is 4.15. The average molecular weight is 431 g/mol. The van der Waals surface area contributed by atoms with Gasteiger partial charge in [0, 0.05) is 18.9 Å². The Kier molecular flexibility index (Phi) is 5.48. The first-order valence-electron chi connectivity index (χ1n) is 9.70. The molecule has 31 heavy (non-hydrogen) atoms. The summed E-state index contributed by atoms with van der Waals surface area (Å²) < 4.78 is 46.7. The molecule has 10 heteroatoms. The van der Waals surface area contributed by atoms with Crippen LogP contribution in [-0.4, -0.2) is 39.3 Å². The van der Waals surface area contributed by atoms with Gasteiger partial charge in [-0.15, -0.1) is 5.10 Å². The highest BCUT2D eigenvalue weighted by Crippen LogP contribution is 2.39. The number of halogens is 3. The topological polar surface area (TPSA) is 81.9 Å². The van der Waals surface area contributed by atoms with E-state index in [2.05, 4.69) is 20.8 Å². The van der Waals surface area contributed by atoms with E-state index in [0.717, 1.165) is 23.4 Å². The molecule has 0 atom stereocenters. The van der Waals surface area contributed by atoms with Gasteiger partial charge in [-0.2, -0.15) is 13.2 Å². The number of carbonyl (C=O) groups is 1. The van der Waals surface area contributed by atoms with Crippen LogP contribution in [0.2, 0.25) is 0 Å². The fourth-order valence-electron chi connectivity index (χ4n) is 3.87. The fraction of sp³-hybridized carbons (Fsp3) is 0.333. The van der Waals surface area contributed by atoms with Gasteiger partial charge in [-0.1, -0.05) is 18.2 Å². The molecule has 162 valence electrons. The lowest BCUT2D eigenvalue weighted by atomic mass is 9.73. The molecule has 0 aliphatic carbocycles. The van der Waals surface area contributed by atoms with Crippen LogP contribution in [-0.2, 0) is 21.1 Å². The van der Waals surface area contributed by atoms with Crippen molar-refractivity contribution in [1.29, 1.82) is 0 Å². The molecule has 1 N–H and O–H groups in total. The zero-order valence-corrected chi connectivity index (χ0v) is 16.7. The summed E-state index contributed by atoms with van der Waals surface area (Å²) in [6.45, 7) is 2.44. The molecule has 1 amide bonds. The Morgan fingerprint density at radius 3 is 2.58 bits per heavy atom. The zero-order chi connectivity index (χ0) is 22.1. The van der Waals surface area contributed by atoms with E-state index in [0.29, 0.717) is 37.3 Å². The van der Waals surface area contributed by atoms with Crippen molar-refractivity contribution in [2.24, 2.45) is 0 Å². The van der Waals surface area contributed by atoms with Gasteiger partial charge < -0.3 is 10.1 Å². The maximum atomic E-state index is 13.4. The van der Waals surface area contributed by atoms with Gasteiger partial charge in [-0.3, -0.25) is 4.79 Å². The van der Waals surface area contributed by atoms with Crippen LogP contribution in [0.3, 0.4) is 0 Å². The van der Waals surface area contributed by atoms with Crippen LogP contribution in [0.1, 0.15) is 29.5 Å². The summed E-state index contributed by atoms with van der Waals surface area (Å²) in [5, 5.41) is 14.0. The Morgan fingerprint density at radius 2 is 1.94 bits per heavy atom. The van der Waals surface area contributed by atoms with E-state index < -0.39 is 17.2 Å². The molecule has 1 aromatic heterocycles. The van der Waals surface area contributed by atoms with Crippen molar-refractivity contribution in [2.75, 3.05) is 18.5 Å². The van der Waals surface area contributed by atoms with E-state index >= 15 is 0 Å². The van der Waals surface area contributed by atoms with Gasteiger partial charge in [0.05, 0.1) is 16.7 Å². The molecule has 0 radical (unpaired) electrons. The van der Waals surface area contributed by atoms with Crippen molar-refractivity contribution < 1.29 is 22.7 Å². The maximum absolute atomic E-state index is 13.4. The summed E-state index contributed by atoms with van der Waals surface area (Å²) in [4.78, 5) is 13.4. The monoisotopic (exact) mass is 431 g/mol. The first-order valence-corrected chi connectivity index (χ1v) is 9.70. The Morgan fingerprint density at radius 1 is 1.16 bits per heavy atom. The van der Waals surface area contributed by atoms with Gasteiger partial charge in [0.2, 0.25) is 5.91 Å². The predicted molar refractivity (Wildman–Crippen MR) is 106 cm³/mol. The minimum Gasteiger partial charge on any atom is -0.381 e. The fourth-order valence-corrected chi connectivity index (χ4v) is 3.87. The number of ether oxygens (including phenoxy) is 1. The Bertz CT molecular complexity index is 1080. The third-order valence-corrected chi connectivity index (χ3v) is 5.57. The second-order valence-corrected chi connectivity index (χ2v) is 7.48. The zero-order valence-electron chi connectivity index (χ0n) is 16.7. The van der Waals surface area contributed by atoms with Gasteiger partial charge in [0.15, 0.2) is 0 Å². The van der Waals surface area contributed by atoms with Crippen molar-refractivity contribution in [1.82, 2.24) is 20.2 Å². The van der Waals surface area contributed by atoms with Crippen molar-refractivity contribution in [3.8, 4) is 5.69 Å². The first kappa shape index (κ1) is 21.0. The maximum Gasteiger partial charge on any atom is 0.416 e. The minimum atomic E-state index is -4.48. The highest BCUT2D eigenvalue weighted by Gasteiger charge is 2.43. The van der Waals surface area contributed by atoms with Gasteiger partial charge >= 0.3 is 6.18 Å². The lowest BCUT2D eigenvalue weighted by molar-refractivity contribution is -0.138. The number of carbonyl (C=O) groups excluding carboxylic acids is 1. The number of hydrogen-bond acceptors (Lipinski definition) is 5. The molecule has 1 aliphatic heterocycles. The molecule has 1 aliphatic rings. The largest absolute Gasteiger partial charge is 0.416 e. The molecule has 3 aromatic rings. The van der Waals surface area contributed by atoms with Crippen molar-refractivity contribution in [3.63, 3.8) is 0 Å². The molecule has 4 rings (SSSR count). The lowest BCUT2D eigenvalue weighted by Gasteiger charge is -2.36. The third-order valence-electron chi connectivity index (χ3n) is 5.57. The average Bonchev–Trinajstić information content (AvgIpc) is 3.28. The standard InChI is InChI=1S/C21H20F3N5O2/c1-14-11-17(5-6-18(14)29-13-25-27-28-29)26-19(30)20(7-9-31-10-8-20)15-3-2-4-16(12-15)21(22,23)24/h2-6,11-13H,7-10H2,1H3,(H,26,30). The Hall–Kier alpha value is -3.27. The number of alkyl halides is 3. The first-order chi connectivity index (χ1) is 14.8. The molecule has 1 saturated heterocycles. The van der Waals surface area contributed by atoms with Gasteiger partial charge in [-0.25, -0.2) is 4.68 Å². The molecular weight excluding hydrogens is 411 g/mol. The van der Waals surface area contributed by atoms with Crippen molar-refractivity contribution in [3.05, 3.63) is 65.5 Å². The second-order valence-electron chi connectivity index (χ2n) is 7.48.